The fraction of sp³-hybridized carbons (Fsp3) is 0.500. The van der Waals surface area contributed by atoms with E-state index >= 15 is 0 Å². The van der Waals surface area contributed by atoms with E-state index in [-0.39, 0.29) is 12.3 Å². The Morgan fingerprint density at radius 2 is 2.00 bits per heavy atom. The summed E-state index contributed by atoms with van der Waals surface area (Å²) >= 11 is 0. The molecule has 0 spiro atoms. The molecule has 0 saturated heterocycles. The van der Waals surface area contributed by atoms with Crippen LogP contribution in [-0.2, 0) is 9.59 Å². The Morgan fingerprint density at radius 1 is 1.33 bits per heavy atom. The van der Waals surface area contributed by atoms with Crippen LogP contribution in [0.3, 0.4) is 0 Å². The van der Waals surface area contributed by atoms with Gasteiger partial charge < -0.3 is 14.7 Å². The van der Waals surface area contributed by atoms with Crippen molar-refractivity contribution >= 4 is 17.6 Å². The van der Waals surface area contributed by atoms with Crippen molar-refractivity contribution in [2.75, 3.05) is 19.1 Å². The normalized spacial score (nSPS) is 16.5. The van der Waals surface area contributed by atoms with Crippen molar-refractivity contribution in [1.29, 1.82) is 0 Å². The molecule has 1 fully saturated rings. The summed E-state index contributed by atoms with van der Waals surface area (Å²) in [5, 5.41) is 9.46. The number of rotatable bonds is 5. The molecule has 0 atom stereocenters. The monoisotopic (exact) mass is 291 g/mol. The Morgan fingerprint density at radius 3 is 2.57 bits per heavy atom. The second-order valence-electron chi connectivity index (χ2n) is 5.62. The van der Waals surface area contributed by atoms with Crippen LogP contribution >= 0.6 is 0 Å². The van der Waals surface area contributed by atoms with E-state index in [1.54, 1.807) is 32.4 Å². The van der Waals surface area contributed by atoms with Crippen molar-refractivity contribution in [3.63, 3.8) is 0 Å². The molecule has 1 amide bonds. The first-order chi connectivity index (χ1) is 9.98. The maximum absolute atomic E-state index is 12.4. The minimum Gasteiger partial charge on any atom is -0.497 e. The lowest BCUT2D eigenvalue weighted by molar-refractivity contribution is -0.151. The summed E-state index contributed by atoms with van der Waals surface area (Å²) < 4.78 is 5.14. The standard InChI is InChI=1S/C16H21NO4/c1-17(12-6-5-7-13(10-12)21-2)14(18)11-16(15(19)20)8-3-4-9-16/h5-7,10H,3-4,8-9,11H2,1-2H3,(H,19,20). The van der Waals surface area contributed by atoms with Gasteiger partial charge in [-0.2, -0.15) is 0 Å². The number of carboxylic acid groups (broad SMARTS) is 1. The predicted octanol–water partition coefficient (Wildman–Crippen LogP) is 2.69. The lowest BCUT2D eigenvalue weighted by Crippen LogP contribution is -2.36. The quantitative estimate of drug-likeness (QED) is 0.905. The molecule has 1 aliphatic rings. The van der Waals surface area contributed by atoms with Crippen molar-refractivity contribution in [3.8, 4) is 5.75 Å². The highest BCUT2D eigenvalue weighted by molar-refractivity contribution is 5.96. The van der Waals surface area contributed by atoms with Gasteiger partial charge in [-0.25, -0.2) is 0 Å². The number of carboxylic acids is 1. The number of methoxy groups -OCH3 is 1. The number of hydrogen-bond acceptors (Lipinski definition) is 3. The molecular weight excluding hydrogens is 270 g/mol. The molecule has 21 heavy (non-hydrogen) atoms. The molecule has 0 unspecified atom stereocenters. The number of nitrogens with zero attached hydrogens (tertiary/aromatic N) is 1. The molecule has 2 rings (SSSR count). The second-order valence-corrected chi connectivity index (χ2v) is 5.62. The summed E-state index contributed by atoms with van der Waals surface area (Å²) in [7, 11) is 3.24. The first-order valence-electron chi connectivity index (χ1n) is 7.12. The summed E-state index contributed by atoms with van der Waals surface area (Å²) in [6.07, 6.45) is 2.97. The van der Waals surface area contributed by atoms with Crippen LogP contribution < -0.4 is 9.64 Å². The summed E-state index contributed by atoms with van der Waals surface area (Å²) in [5.41, 5.74) is -0.178. The van der Waals surface area contributed by atoms with Crippen molar-refractivity contribution < 1.29 is 19.4 Å². The van der Waals surface area contributed by atoms with Gasteiger partial charge in [-0.3, -0.25) is 9.59 Å². The van der Waals surface area contributed by atoms with E-state index in [1.807, 2.05) is 6.07 Å². The number of ether oxygens (including phenoxy) is 1. The number of carbonyl (C=O) groups is 2. The molecule has 1 aromatic carbocycles. The van der Waals surface area contributed by atoms with Crippen LogP contribution in [0.2, 0.25) is 0 Å². The first-order valence-corrected chi connectivity index (χ1v) is 7.12. The Bertz CT molecular complexity index is 535. The lowest BCUT2D eigenvalue weighted by Gasteiger charge is -2.26. The van der Waals surface area contributed by atoms with E-state index in [2.05, 4.69) is 0 Å². The largest absolute Gasteiger partial charge is 0.497 e. The maximum atomic E-state index is 12.4. The van der Waals surface area contributed by atoms with E-state index < -0.39 is 11.4 Å². The summed E-state index contributed by atoms with van der Waals surface area (Å²) in [4.78, 5) is 25.5. The topological polar surface area (TPSA) is 66.8 Å². The first kappa shape index (κ1) is 15.4. The fourth-order valence-electron chi connectivity index (χ4n) is 2.89. The Kier molecular flexibility index (Phi) is 4.50. The number of hydrogen-bond donors (Lipinski definition) is 1. The molecule has 5 heteroatoms. The third-order valence-corrected chi connectivity index (χ3v) is 4.32. The maximum Gasteiger partial charge on any atom is 0.310 e. The van der Waals surface area contributed by atoms with E-state index in [0.717, 1.165) is 12.8 Å². The fourth-order valence-corrected chi connectivity index (χ4v) is 2.89. The van der Waals surface area contributed by atoms with Gasteiger partial charge in [0.2, 0.25) is 5.91 Å². The minimum atomic E-state index is -0.885. The van der Waals surface area contributed by atoms with Gasteiger partial charge in [-0.15, -0.1) is 0 Å². The summed E-state index contributed by atoms with van der Waals surface area (Å²) in [6, 6.07) is 7.18. The van der Waals surface area contributed by atoms with Gasteiger partial charge in [0, 0.05) is 25.2 Å². The summed E-state index contributed by atoms with van der Waals surface area (Å²) in [6.45, 7) is 0. The van der Waals surface area contributed by atoms with Crippen LogP contribution in [0.15, 0.2) is 24.3 Å². The minimum absolute atomic E-state index is 0.0516. The van der Waals surface area contributed by atoms with Crippen LogP contribution in [0, 0.1) is 5.41 Å². The molecule has 0 aromatic heterocycles. The van der Waals surface area contributed by atoms with Crippen molar-refractivity contribution in [2.45, 2.75) is 32.1 Å². The number of benzene rings is 1. The van der Waals surface area contributed by atoms with Gasteiger partial charge >= 0.3 is 5.97 Å². The third-order valence-electron chi connectivity index (χ3n) is 4.32. The second kappa shape index (κ2) is 6.16. The van der Waals surface area contributed by atoms with Crippen LogP contribution in [-0.4, -0.2) is 31.1 Å². The van der Waals surface area contributed by atoms with Crippen molar-refractivity contribution in [3.05, 3.63) is 24.3 Å². The molecule has 0 bridgehead atoms. The van der Waals surface area contributed by atoms with E-state index in [4.69, 9.17) is 4.74 Å². The molecule has 1 aromatic rings. The molecule has 114 valence electrons. The van der Waals surface area contributed by atoms with E-state index in [0.29, 0.717) is 24.3 Å². The SMILES string of the molecule is COc1cccc(N(C)C(=O)CC2(C(=O)O)CCCC2)c1. The van der Waals surface area contributed by atoms with Crippen LogP contribution in [0.5, 0.6) is 5.75 Å². The molecule has 0 radical (unpaired) electrons. The Labute approximate surface area is 124 Å². The molecule has 1 aliphatic carbocycles. The molecule has 0 aliphatic heterocycles. The molecular formula is C16H21NO4. The number of aliphatic carboxylic acids is 1. The number of amides is 1. The molecule has 0 heterocycles. The van der Waals surface area contributed by atoms with Gasteiger partial charge in [0.25, 0.3) is 0 Å². The highest BCUT2D eigenvalue weighted by Gasteiger charge is 2.43. The highest BCUT2D eigenvalue weighted by Crippen LogP contribution is 2.42. The van der Waals surface area contributed by atoms with Gasteiger partial charge in [-0.1, -0.05) is 18.9 Å². The van der Waals surface area contributed by atoms with Crippen LogP contribution in [0.1, 0.15) is 32.1 Å². The Hall–Kier alpha value is -2.04. The van der Waals surface area contributed by atoms with Crippen molar-refractivity contribution in [2.24, 2.45) is 5.41 Å². The molecule has 5 nitrogen and oxygen atoms in total. The Balaban J connectivity index is 2.13. The predicted molar refractivity (Wildman–Crippen MR) is 79.6 cm³/mol. The average Bonchev–Trinajstić information content (AvgIpc) is 2.96. The third kappa shape index (κ3) is 3.17. The zero-order valence-electron chi connectivity index (χ0n) is 12.5. The summed E-state index contributed by atoms with van der Waals surface area (Å²) in [5.74, 6) is -0.360. The van der Waals surface area contributed by atoms with Gasteiger partial charge in [0.15, 0.2) is 0 Å². The molecule has 1 saturated carbocycles. The van der Waals surface area contributed by atoms with Crippen LogP contribution in [0.4, 0.5) is 5.69 Å². The number of carbonyl (C=O) groups excluding carboxylic acids is 1. The van der Waals surface area contributed by atoms with Gasteiger partial charge in [0.05, 0.1) is 12.5 Å². The van der Waals surface area contributed by atoms with Gasteiger partial charge in [-0.05, 0) is 25.0 Å². The van der Waals surface area contributed by atoms with Gasteiger partial charge in [0.1, 0.15) is 5.75 Å². The number of anilines is 1. The average molecular weight is 291 g/mol. The van der Waals surface area contributed by atoms with E-state index in [1.165, 1.54) is 4.90 Å². The lowest BCUT2D eigenvalue weighted by atomic mass is 9.82. The smallest absolute Gasteiger partial charge is 0.310 e. The van der Waals surface area contributed by atoms with Crippen molar-refractivity contribution in [1.82, 2.24) is 0 Å². The highest BCUT2D eigenvalue weighted by atomic mass is 16.5. The molecule has 1 N–H and O–H groups in total. The zero-order valence-corrected chi connectivity index (χ0v) is 12.5. The van der Waals surface area contributed by atoms with E-state index in [9.17, 15) is 14.7 Å². The van der Waals surface area contributed by atoms with Crippen LogP contribution in [0.25, 0.3) is 0 Å². The zero-order chi connectivity index (χ0) is 15.5.